The average molecular weight is 230 g/mol. The molecule has 2 N–H and O–H groups in total. The predicted molar refractivity (Wildman–Crippen MR) is 70.7 cm³/mol. The van der Waals surface area contributed by atoms with Crippen LogP contribution in [0, 0.1) is 5.92 Å². The largest absolute Gasteiger partial charge is 0.394 e. The standard InChI is InChI=1S/C13H30N2O/c1-6-12(4)9-15(8-3)10-13(5,11-16)14-7-2/h12,14,16H,6-11H2,1-5H3. The van der Waals surface area contributed by atoms with Crippen molar-refractivity contribution >= 4 is 0 Å². The summed E-state index contributed by atoms with van der Waals surface area (Å²) in [5, 5.41) is 12.8. The Balaban J connectivity index is 4.26. The molecule has 0 aliphatic rings. The Labute approximate surface area is 101 Å². The lowest BCUT2D eigenvalue weighted by Crippen LogP contribution is -2.54. The molecule has 16 heavy (non-hydrogen) atoms. The predicted octanol–water partition coefficient (Wildman–Crippen LogP) is 1.71. The van der Waals surface area contributed by atoms with E-state index in [4.69, 9.17) is 0 Å². The number of aliphatic hydroxyl groups is 1. The fourth-order valence-corrected chi connectivity index (χ4v) is 1.96. The lowest BCUT2D eigenvalue weighted by Gasteiger charge is -2.35. The highest BCUT2D eigenvalue weighted by Gasteiger charge is 2.25. The summed E-state index contributed by atoms with van der Waals surface area (Å²) in [6.45, 7) is 15.0. The van der Waals surface area contributed by atoms with Gasteiger partial charge in [-0.2, -0.15) is 0 Å². The van der Waals surface area contributed by atoms with E-state index >= 15 is 0 Å². The molecule has 0 aromatic carbocycles. The molecule has 2 atom stereocenters. The minimum atomic E-state index is -0.168. The molecule has 0 aromatic rings. The van der Waals surface area contributed by atoms with Gasteiger partial charge in [0.1, 0.15) is 0 Å². The molecule has 98 valence electrons. The first-order valence-electron chi connectivity index (χ1n) is 6.59. The van der Waals surface area contributed by atoms with Gasteiger partial charge in [-0.15, -0.1) is 0 Å². The first-order valence-corrected chi connectivity index (χ1v) is 6.59. The quantitative estimate of drug-likeness (QED) is 0.633. The third-order valence-electron chi connectivity index (χ3n) is 3.24. The van der Waals surface area contributed by atoms with Crippen LogP contribution in [0.1, 0.15) is 41.0 Å². The fourth-order valence-electron chi connectivity index (χ4n) is 1.96. The van der Waals surface area contributed by atoms with Gasteiger partial charge in [0, 0.05) is 13.1 Å². The van der Waals surface area contributed by atoms with E-state index in [-0.39, 0.29) is 12.1 Å². The van der Waals surface area contributed by atoms with Crippen LogP contribution in [-0.2, 0) is 0 Å². The van der Waals surface area contributed by atoms with Crippen LogP contribution in [0.5, 0.6) is 0 Å². The minimum absolute atomic E-state index is 0.168. The Morgan fingerprint density at radius 1 is 1.31 bits per heavy atom. The number of hydrogen-bond acceptors (Lipinski definition) is 3. The van der Waals surface area contributed by atoms with Crippen LogP contribution in [0.25, 0.3) is 0 Å². The molecule has 3 heteroatoms. The second-order valence-electron chi connectivity index (χ2n) is 5.09. The number of nitrogens with one attached hydrogen (secondary N) is 1. The van der Waals surface area contributed by atoms with E-state index in [1.165, 1.54) is 6.42 Å². The van der Waals surface area contributed by atoms with E-state index in [0.29, 0.717) is 0 Å². The maximum Gasteiger partial charge on any atom is 0.0623 e. The molecule has 0 aliphatic carbocycles. The molecule has 0 amide bonds. The molecule has 0 rings (SSSR count). The normalized spacial score (nSPS) is 17.4. The van der Waals surface area contributed by atoms with Crippen molar-refractivity contribution in [1.82, 2.24) is 10.2 Å². The highest BCUT2D eigenvalue weighted by molar-refractivity contribution is 4.85. The zero-order chi connectivity index (χ0) is 12.6. The van der Waals surface area contributed by atoms with Gasteiger partial charge in [-0.05, 0) is 25.9 Å². The Kier molecular flexibility index (Phi) is 7.98. The van der Waals surface area contributed by atoms with Crippen molar-refractivity contribution in [3.63, 3.8) is 0 Å². The fraction of sp³-hybridized carbons (Fsp3) is 1.00. The van der Waals surface area contributed by atoms with Crippen LogP contribution < -0.4 is 5.32 Å². The van der Waals surface area contributed by atoms with Crippen LogP contribution in [0.3, 0.4) is 0 Å². The monoisotopic (exact) mass is 230 g/mol. The van der Waals surface area contributed by atoms with Crippen molar-refractivity contribution in [3.05, 3.63) is 0 Å². The Hall–Kier alpha value is -0.120. The second-order valence-corrected chi connectivity index (χ2v) is 5.09. The van der Waals surface area contributed by atoms with E-state index in [2.05, 4.69) is 44.8 Å². The summed E-state index contributed by atoms with van der Waals surface area (Å²) in [6.07, 6.45) is 1.22. The van der Waals surface area contributed by atoms with Gasteiger partial charge in [0.05, 0.1) is 12.1 Å². The highest BCUT2D eigenvalue weighted by atomic mass is 16.3. The van der Waals surface area contributed by atoms with Gasteiger partial charge in [0.25, 0.3) is 0 Å². The summed E-state index contributed by atoms with van der Waals surface area (Å²) < 4.78 is 0. The molecule has 0 radical (unpaired) electrons. The smallest absolute Gasteiger partial charge is 0.0623 e. The van der Waals surface area contributed by atoms with Gasteiger partial charge in [-0.3, -0.25) is 0 Å². The van der Waals surface area contributed by atoms with Crippen LogP contribution in [-0.4, -0.2) is 48.3 Å². The maximum atomic E-state index is 9.46. The highest BCUT2D eigenvalue weighted by Crippen LogP contribution is 2.10. The molecule has 0 spiro atoms. The molecule has 0 aliphatic heterocycles. The summed E-state index contributed by atoms with van der Waals surface area (Å²) in [5.41, 5.74) is -0.168. The van der Waals surface area contributed by atoms with Gasteiger partial charge in [-0.1, -0.05) is 34.1 Å². The van der Waals surface area contributed by atoms with Gasteiger partial charge in [0.15, 0.2) is 0 Å². The average Bonchev–Trinajstić information content (AvgIpc) is 2.28. The molecule has 0 bridgehead atoms. The number of rotatable bonds is 9. The molecule has 0 aromatic heterocycles. The van der Waals surface area contributed by atoms with Gasteiger partial charge in [0.2, 0.25) is 0 Å². The zero-order valence-electron chi connectivity index (χ0n) is 11.7. The summed E-state index contributed by atoms with van der Waals surface area (Å²) in [7, 11) is 0. The van der Waals surface area contributed by atoms with Crippen LogP contribution in [0.2, 0.25) is 0 Å². The first-order chi connectivity index (χ1) is 7.51. The van der Waals surface area contributed by atoms with Crippen LogP contribution >= 0.6 is 0 Å². The van der Waals surface area contributed by atoms with Gasteiger partial charge >= 0.3 is 0 Å². The summed E-state index contributed by atoms with van der Waals surface area (Å²) in [4.78, 5) is 2.42. The molecule has 0 heterocycles. The summed E-state index contributed by atoms with van der Waals surface area (Å²) in [5.74, 6) is 0.726. The SMILES string of the molecule is CCNC(C)(CO)CN(CC)CC(C)CC. The van der Waals surface area contributed by atoms with Crippen molar-refractivity contribution in [2.45, 2.75) is 46.6 Å². The molecule has 2 unspecified atom stereocenters. The third-order valence-corrected chi connectivity index (χ3v) is 3.24. The molecule has 0 saturated heterocycles. The number of likely N-dealkylation sites (N-methyl/N-ethyl adjacent to an activating group) is 2. The molecule has 0 fully saturated rings. The van der Waals surface area contributed by atoms with E-state index in [0.717, 1.165) is 32.1 Å². The topological polar surface area (TPSA) is 35.5 Å². The molecule has 0 saturated carbocycles. The number of hydrogen-bond donors (Lipinski definition) is 2. The van der Waals surface area contributed by atoms with Crippen molar-refractivity contribution in [3.8, 4) is 0 Å². The third kappa shape index (κ3) is 5.83. The Bertz CT molecular complexity index is 175. The summed E-state index contributed by atoms with van der Waals surface area (Å²) in [6, 6.07) is 0. The van der Waals surface area contributed by atoms with Crippen LogP contribution in [0.15, 0.2) is 0 Å². The van der Waals surface area contributed by atoms with E-state index in [1.807, 2.05) is 0 Å². The van der Waals surface area contributed by atoms with E-state index in [1.54, 1.807) is 0 Å². The van der Waals surface area contributed by atoms with E-state index < -0.39 is 0 Å². The van der Waals surface area contributed by atoms with Gasteiger partial charge < -0.3 is 15.3 Å². The minimum Gasteiger partial charge on any atom is -0.394 e. The van der Waals surface area contributed by atoms with Crippen molar-refractivity contribution in [1.29, 1.82) is 0 Å². The first kappa shape index (κ1) is 15.9. The number of nitrogens with zero attached hydrogens (tertiary/aromatic N) is 1. The summed E-state index contributed by atoms with van der Waals surface area (Å²) >= 11 is 0. The molecule has 3 nitrogen and oxygen atoms in total. The van der Waals surface area contributed by atoms with E-state index in [9.17, 15) is 5.11 Å². The van der Waals surface area contributed by atoms with Crippen molar-refractivity contribution < 1.29 is 5.11 Å². The number of aliphatic hydroxyl groups excluding tert-OH is 1. The van der Waals surface area contributed by atoms with Crippen molar-refractivity contribution in [2.75, 3.05) is 32.8 Å². The van der Waals surface area contributed by atoms with Gasteiger partial charge in [-0.25, -0.2) is 0 Å². The Morgan fingerprint density at radius 3 is 2.31 bits per heavy atom. The maximum absolute atomic E-state index is 9.46. The van der Waals surface area contributed by atoms with Crippen LogP contribution in [0.4, 0.5) is 0 Å². The molecular formula is C13H30N2O. The lowest BCUT2D eigenvalue weighted by molar-refractivity contribution is 0.115. The second kappa shape index (κ2) is 8.04. The lowest BCUT2D eigenvalue weighted by atomic mass is 10.0. The van der Waals surface area contributed by atoms with Crippen molar-refractivity contribution in [2.24, 2.45) is 5.92 Å². The Morgan fingerprint density at radius 2 is 1.94 bits per heavy atom. The zero-order valence-corrected chi connectivity index (χ0v) is 11.7. The molecular weight excluding hydrogens is 200 g/mol.